The van der Waals surface area contributed by atoms with Crippen LogP contribution in [-0.4, -0.2) is 62.3 Å². The lowest BCUT2D eigenvalue weighted by Gasteiger charge is -2.33. The predicted octanol–water partition coefficient (Wildman–Crippen LogP) is 2.33. The zero-order valence-corrected chi connectivity index (χ0v) is 17.3. The van der Waals surface area contributed by atoms with E-state index in [1.807, 2.05) is 29.2 Å². The summed E-state index contributed by atoms with van der Waals surface area (Å²) < 4.78 is 10.0. The fourth-order valence-electron chi connectivity index (χ4n) is 2.99. The van der Waals surface area contributed by atoms with Crippen LogP contribution in [0.3, 0.4) is 0 Å². The van der Waals surface area contributed by atoms with Crippen LogP contribution in [0.5, 0.6) is 5.75 Å². The third-order valence-electron chi connectivity index (χ3n) is 4.55. The minimum atomic E-state index is -0.444. The number of nitrogens with zero attached hydrogens (tertiary/aromatic N) is 3. The number of halogens is 1. The Hall–Kier alpha value is -2.84. The Kier molecular flexibility index (Phi) is 8.23. The van der Waals surface area contributed by atoms with Gasteiger partial charge in [0.05, 0.1) is 32.0 Å². The fourth-order valence-corrected chi connectivity index (χ4v) is 2.99. The first kappa shape index (κ1) is 22.4. The van der Waals surface area contributed by atoms with Gasteiger partial charge >= 0.3 is 12.0 Å². The summed E-state index contributed by atoms with van der Waals surface area (Å²) in [5, 5.41) is 3.25. The van der Waals surface area contributed by atoms with Crippen LogP contribution in [0.2, 0.25) is 0 Å². The van der Waals surface area contributed by atoms with Crippen molar-refractivity contribution in [1.29, 1.82) is 0 Å². The number of nitrogens with one attached hydrogen (secondary N) is 1. The molecule has 0 atom stereocenters. The molecule has 1 fully saturated rings. The maximum atomic E-state index is 13.2. The molecule has 3 rings (SSSR count). The molecular weight excluding hydrogens is 396 g/mol. The summed E-state index contributed by atoms with van der Waals surface area (Å²) in [6.45, 7) is 3.10. The molecule has 2 aromatic rings. The number of esters is 1. The van der Waals surface area contributed by atoms with E-state index in [0.717, 1.165) is 18.8 Å². The van der Waals surface area contributed by atoms with E-state index in [2.05, 4.69) is 10.3 Å². The van der Waals surface area contributed by atoms with Crippen molar-refractivity contribution in [2.24, 2.45) is 0 Å². The smallest absolute Gasteiger partial charge is 0.339 e. The van der Waals surface area contributed by atoms with Crippen LogP contribution in [0.15, 0.2) is 42.6 Å². The molecule has 9 heteroatoms. The Morgan fingerprint density at radius 1 is 1.17 bits per heavy atom. The van der Waals surface area contributed by atoms with Gasteiger partial charge < -0.3 is 19.7 Å². The van der Waals surface area contributed by atoms with Gasteiger partial charge in [0.1, 0.15) is 5.75 Å². The van der Waals surface area contributed by atoms with E-state index in [9.17, 15) is 9.59 Å². The lowest BCUT2D eigenvalue weighted by atomic mass is 10.2. The van der Waals surface area contributed by atoms with E-state index in [-0.39, 0.29) is 25.0 Å². The number of methoxy groups -OCH3 is 2. The first-order valence-electron chi connectivity index (χ1n) is 9.07. The molecular formula is C20H25ClN4O4. The number of carbonyl (C=O) groups is 2. The number of hydrogen-bond acceptors (Lipinski definition) is 6. The monoisotopic (exact) mass is 420 g/mol. The lowest BCUT2D eigenvalue weighted by molar-refractivity contribution is 0.0600. The van der Waals surface area contributed by atoms with Crippen molar-refractivity contribution in [1.82, 2.24) is 15.2 Å². The maximum absolute atomic E-state index is 13.2. The van der Waals surface area contributed by atoms with Gasteiger partial charge in [-0.15, -0.1) is 12.4 Å². The van der Waals surface area contributed by atoms with E-state index in [4.69, 9.17) is 9.47 Å². The molecule has 156 valence electrons. The van der Waals surface area contributed by atoms with Crippen LogP contribution in [0.1, 0.15) is 16.1 Å². The Morgan fingerprint density at radius 3 is 2.55 bits per heavy atom. The number of anilines is 1. The molecule has 0 saturated carbocycles. The molecule has 29 heavy (non-hydrogen) atoms. The molecule has 2 amide bonds. The quantitative estimate of drug-likeness (QED) is 0.747. The van der Waals surface area contributed by atoms with Crippen LogP contribution < -0.4 is 15.0 Å². The second kappa shape index (κ2) is 10.6. The standard InChI is InChI=1S/C20H24N4O4.ClH/c1-27-18-5-3-4-17(12-18)24(20(26)23-10-8-21-9-11-23)14-16-7-6-15(13-22-16)19(25)28-2;/h3-7,12-13,21H,8-11,14H2,1-2H3;1H. The molecule has 1 aromatic heterocycles. The summed E-state index contributed by atoms with van der Waals surface area (Å²) in [6.07, 6.45) is 1.46. The SMILES string of the molecule is COC(=O)c1ccc(CN(C(=O)N2CCNCC2)c2cccc(OC)c2)nc1.Cl. The van der Waals surface area contributed by atoms with Crippen LogP contribution in [0, 0.1) is 0 Å². The van der Waals surface area contributed by atoms with Gasteiger partial charge in [-0.3, -0.25) is 9.88 Å². The third-order valence-corrected chi connectivity index (χ3v) is 4.55. The number of pyridine rings is 1. The molecule has 1 saturated heterocycles. The maximum Gasteiger partial charge on any atom is 0.339 e. The van der Waals surface area contributed by atoms with Gasteiger partial charge in [-0.2, -0.15) is 0 Å². The normalized spacial score (nSPS) is 13.2. The topological polar surface area (TPSA) is 84.0 Å². The first-order chi connectivity index (χ1) is 13.6. The second-order valence-corrected chi connectivity index (χ2v) is 6.34. The van der Waals surface area contributed by atoms with Gasteiger partial charge in [0.25, 0.3) is 0 Å². The lowest BCUT2D eigenvalue weighted by Crippen LogP contribution is -2.51. The highest BCUT2D eigenvalue weighted by molar-refractivity contribution is 5.92. The van der Waals surface area contributed by atoms with Crippen LogP contribution in [0.4, 0.5) is 10.5 Å². The summed E-state index contributed by atoms with van der Waals surface area (Å²) in [6, 6.07) is 10.7. The van der Waals surface area contributed by atoms with Crippen molar-refractivity contribution in [3.05, 3.63) is 53.9 Å². The van der Waals surface area contributed by atoms with E-state index < -0.39 is 5.97 Å². The van der Waals surface area contributed by atoms with E-state index in [1.165, 1.54) is 13.3 Å². The number of benzene rings is 1. The number of carbonyl (C=O) groups excluding carboxylic acids is 2. The number of rotatable bonds is 5. The van der Waals surface area contributed by atoms with Crippen molar-refractivity contribution >= 4 is 30.1 Å². The van der Waals surface area contributed by atoms with Crippen molar-refractivity contribution in [3.8, 4) is 5.75 Å². The average molecular weight is 421 g/mol. The predicted molar refractivity (Wildman–Crippen MR) is 112 cm³/mol. The average Bonchev–Trinajstić information content (AvgIpc) is 2.77. The summed E-state index contributed by atoms with van der Waals surface area (Å²) in [5.74, 6) is 0.227. The Balaban J connectivity index is 0.00000300. The van der Waals surface area contributed by atoms with Crippen molar-refractivity contribution in [3.63, 3.8) is 0 Å². The summed E-state index contributed by atoms with van der Waals surface area (Å²) in [4.78, 5) is 32.6. The van der Waals surface area contributed by atoms with Gasteiger partial charge in [0.15, 0.2) is 0 Å². The third kappa shape index (κ3) is 5.58. The van der Waals surface area contributed by atoms with Crippen LogP contribution in [0.25, 0.3) is 0 Å². The van der Waals surface area contributed by atoms with Crippen molar-refractivity contribution in [2.45, 2.75) is 6.54 Å². The van der Waals surface area contributed by atoms with Crippen LogP contribution >= 0.6 is 12.4 Å². The molecule has 0 radical (unpaired) electrons. The highest BCUT2D eigenvalue weighted by atomic mass is 35.5. The summed E-state index contributed by atoms with van der Waals surface area (Å²) in [7, 11) is 2.92. The first-order valence-corrected chi connectivity index (χ1v) is 9.07. The summed E-state index contributed by atoms with van der Waals surface area (Å²) in [5.41, 5.74) is 1.76. The molecule has 8 nitrogen and oxygen atoms in total. The summed E-state index contributed by atoms with van der Waals surface area (Å²) >= 11 is 0. The Morgan fingerprint density at radius 2 is 1.93 bits per heavy atom. The van der Waals surface area contributed by atoms with Crippen molar-refractivity contribution < 1.29 is 19.1 Å². The molecule has 1 aliphatic rings. The van der Waals surface area contributed by atoms with E-state index in [1.54, 1.807) is 24.1 Å². The number of aromatic nitrogens is 1. The minimum Gasteiger partial charge on any atom is -0.497 e. The molecule has 0 unspecified atom stereocenters. The fraction of sp³-hybridized carbons (Fsp3) is 0.350. The largest absolute Gasteiger partial charge is 0.497 e. The number of ether oxygens (including phenoxy) is 2. The van der Waals surface area contributed by atoms with E-state index >= 15 is 0 Å². The minimum absolute atomic E-state index is 0. The number of piperazine rings is 1. The van der Waals surface area contributed by atoms with Crippen LogP contribution in [-0.2, 0) is 11.3 Å². The molecule has 1 aromatic carbocycles. The van der Waals surface area contributed by atoms with E-state index in [0.29, 0.717) is 30.1 Å². The molecule has 0 spiro atoms. The van der Waals surface area contributed by atoms with Crippen molar-refractivity contribution in [2.75, 3.05) is 45.3 Å². The highest BCUT2D eigenvalue weighted by Crippen LogP contribution is 2.24. The molecule has 1 N–H and O–H groups in total. The molecule has 2 heterocycles. The number of hydrogen-bond donors (Lipinski definition) is 1. The molecule has 0 aliphatic carbocycles. The van der Waals surface area contributed by atoms with Gasteiger partial charge in [-0.25, -0.2) is 9.59 Å². The zero-order chi connectivity index (χ0) is 19.9. The Bertz CT molecular complexity index is 825. The van der Waals surface area contributed by atoms with Gasteiger partial charge in [-0.1, -0.05) is 6.07 Å². The molecule has 0 bridgehead atoms. The molecule has 1 aliphatic heterocycles. The number of amides is 2. The Labute approximate surface area is 176 Å². The second-order valence-electron chi connectivity index (χ2n) is 6.34. The van der Waals surface area contributed by atoms with Gasteiger partial charge in [-0.05, 0) is 24.3 Å². The number of urea groups is 1. The zero-order valence-electron chi connectivity index (χ0n) is 16.5. The highest BCUT2D eigenvalue weighted by Gasteiger charge is 2.24. The van der Waals surface area contributed by atoms with Gasteiger partial charge in [0.2, 0.25) is 0 Å². The van der Waals surface area contributed by atoms with Gasteiger partial charge in [0, 0.05) is 44.1 Å².